The number of fused-ring (bicyclic) bond motifs is 1. The highest BCUT2D eigenvalue weighted by molar-refractivity contribution is 5.96. The Labute approximate surface area is 147 Å². The van der Waals surface area contributed by atoms with Crippen molar-refractivity contribution in [2.24, 2.45) is 5.41 Å². The number of para-hydroxylation sites is 1. The van der Waals surface area contributed by atoms with E-state index in [1.165, 1.54) is 32.4 Å². The van der Waals surface area contributed by atoms with E-state index in [0.29, 0.717) is 12.1 Å². The molecule has 132 valence electrons. The molecule has 2 aliphatic rings. The zero-order valence-electron chi connectivity index (χ0n) is 14.4. The molecule has 1 saturated heterocycles. The van der Waals surface area contributed by atoms with Gasteiger partial charge in [0.1, 0.15) is 11.1 Å². The van der Waals surface area contributed by atoms with Crippen molar-refractivity contribution in [3.05, 3.63) is 46.3 Å². The maximum Gasteiger partial charge on any atom is 0.349 e. The number of rotatable bonds is 5. The van der Waals surface area contributed by atoms with E-state index in [1.54, 1.807) is 12.1 Å². The van der Waals surface area contributed by atoms with Crippen LogP contribution in [-0.2, 0) is 0 Å². The topological polar surface area (TPSA) is 62.6 Å². The van der Waals surface area contributed by atoms with Gasteiger partial charge in [0, 0.05) is 23.9 Å². The number of hydrogen-bond acceptors (Lipinski definition) is 4. The van der Waals surface area contributed by atoms with E-state index in [1.807, 2.05) is 18.2 Å². The predicted molar refractivity (Wildman–Crippen MR) is 96.8 cm³/mol. The minimum atomic E-state index is -0.572. The molecular formula is C20H24N2O3. The van der Waals surface area contributed by atoms with Gasteiger partial charge in [-0.25, -0.2) is 4.79 Å². The van der Waals surface area contributed by atoms with Gasteiger partial charge in [0.15, 0.2) is 0 Å². The van der Waals surface area contributed by atoms with Crippen molar-refractivity contribution in [1.82, 2.24) is 10.2 Å². The maximum atomic E-state index is 12.5. The van der Waals surface area contributed by atoms with E-state index in [0.717, 1.165) is 24.8 Å². The highest BCUT2D eigenvalue weighted by Gasteiger charge is 2.44. The Kier molecular flexibility index (Phi) is 4.34. The van der Waals surface area contributed by atoms with Crippen molar-refractivity contribution >= 4 is 16.9 Å². The van der Waals surface area contributed by atoms with Crippen molar-refractivity contribution in [3.8, 4) is 0 Å². The molecule has 2 fully saturated rings. The molecule has 0 spiro atoms. The summed E-state index contributed by atoms with van der Waals surface area (Å²) in [5.74, 6) is -0.329. The number of benzene rings is 1. The highest BCUT2D eigenvalue weighted by Crippen LogP contribution is 2.46. The van der Waals surface area contributed by atoms with Crippen LogP contribution in [0.4, 0.5) is 0 Å². The Morgan fingerprint density at radius 2 is 1.92 bits per heavy atom. The molecule has 2 heterocycles. The van der Waals surface area contributed by atoms with Crippen LogP contribution in [0.2, 0.25) is 0 Å². The van der Waals surface area contributed by atoms with Crippen LogP contribution in [0.1, 0.15) is 42.5 Å². The van der Waals surface area contributed by atoms with Crippen LogP contribution in [0.25, 0.3) is 11.0 Å². The lowest BCUT2D eigenvalue weighted by atomic mass is 10.0. The molecule has 0 bridgehead atoms. The maximum absolute atomic E-state index is 12.5. The second-order valence-electron chi connectivity index (χ2n) is 7.50. The van der Waals surface area contributed by atoms with Crippen LogP contribution in [0.3, 0.4) is 0 Å². The molecular weight excluding hydrogens is 316 g/mol. The molecule has 4 rings (SSSR count). The molecule has 1 saturated carbocycles. The first-order valence-corrected chi connectivity index (χ1v) is 9.19. The molecule has 1 aliphatic carbocycles. The Balaban J connectivity index is 1.42. The molecule has 1 aromatic carbocycles. The molecule has 0 atom stereocenters. The summed E-state index contributed by atoms with van der Waals surface area (Å²) in [6.07, 6.45) is 6.19. The van der Waals surface area contributed by atoms with Crippen molar-refractivity contribution in [2.75, 3.05) is 26.2 Å². The Morgan fingerprint density at radius 3 is 2.68 bits per heavy atom. The van der Waals surface area contributed by atoms with E-state index >= 15 is 0 Å². The zero-order chi connectivity index (χ0) is 17.3. The van der Waals surface area contributed by atoms with Crippen LogP contribution < -0.4 is 10.9 Å². The molecule has 0 unspecified atom stereocenters. The van der Waals surface area contributed by atoms with Crippen molar-refractivity contribution in [1.29, 1.82) is 0 Å². The van der Waals surface area contributed by atoms with E-state index in [2.05, 4.69) is 10.2 Å². The van der Waals surface area contributed by atoms with Crippen molar-refractivity contribution < 1.29 is 9.21 Å². The third kappa shape index (κ3) is 3.61. The molecule has 1 aliphatic heterocycles. The third-order valence-electron chi connectivity index (χ3n) is 5.47. The molecule has 2 aromatic rings. The van der Waals surface area contributed by atoms with Gasteiger partial charge in [-0.3, -0.25) is 4.79 Å². The minimum Gasteiger partial charge on any atom is -0.422 e. The lowest BCUT2D eigenvalue weighted by Crippen LogP contribution is -2.40. The zero-order valence-corrected chi connectivity index (χ0v) is 14.4. The predicted octanol–water partition coefficient (Wildman–Crippen LogP) is 2.79. The van der Waals surface area contributed by atoms with Gasteiger partial charge in [0.25, 0.3) is 5.91 Å². The van der Waals surface area contributed by atoms with Gasteiger partial charge in [-0.15, -0.1) is 0 Å². The summed E-state index contributed by atoms with van der Waals surface area (Å²) in [5, 5.41) is 3.74. The quantitative estimate of drug-likeness (QED) is 0.850. The van der Waals surface area contributed by atoms with E-state index in [4.69, 9.17) is 4.42 Å². The molecule has 5 nitrogen and oxygen atoms in total. The lowest BCUT2D eigenvalue weighted by Gasteiger charge is -2.30. The van der Waals surface area contributed by atoms with Crippen LogP contribution >= 0.6 is 0 Å². The summed E-state index contributed by atoms with van der Waals surface area (Å²) in [6.45, 7) is 4.03. The molecule has 5 heteroatoms. The largest absolute Gasteiger partial charge is 0.422 e. The number of carbonyl (C=O) groups excluding carboxylic acids is 1. The van der Waals surface area contributed by atoms with Crippen LogP contribution in [0.15, 0.2) is 39.5 Å². The van der Waals surface area contributed by atoms with Crippen LogP contribution in [0, 0.1) is 5.41 Å². The number of nitrogens with one attached hydrogen (secondary N) is 1. The number of nitrogens with zero attached hydrogens (tertiary/aromatic N) is 1. The molecule has 1 N–H and O–H groups in total. The Hall–Kier alpha value is -2.14. The van der Waals surface area contributed by atoms with Crippen molar-refractivity contribution in [2.45, 2.75) is 32.1 Å². The highest BCUT2D eigenvalue weighted by atomic mass is 16.4. The smallest absolute Gasteiger partial charge is 0.349 e. The van der Waals surface area contributed by atoms with Gasteiger partial charge in [0.2, 0.25) is 0 Å². The normalized spacial score (nSPS) is 19.7. The first-order valence-electron chi connectivity index (χ1n) is 9.19. The molecule has 0 radical (unpaired) electrons. The van der Waals surface area contributed by atoms with Gasteiger partial charge in [-0.05, 0) is 50.9 Å². The Morgan fingerprint density at radius 1 is 1.16 bits per heavy atom. The average molecular weight is 340 g/mol. The molecule has 1 aromatic heterocycles. The fraction of sp³-hybridized carbons (Fsp3) is 0.500. The number of hydrogen-bond donors (Lipinski definition) is 1. The minimum absolute atomic E-state index is 0.0903. The van der Waals surface area contributed by atoms with Gasteiger partial charge >= 0.3 is 5.63 Å². The third-order valence-corrected chi connectivity index (χ3v) is 5.47. The number of amides is 1. The number of piperidine rings is 1. The average Bonchev–Trinajstić information content (AvgIpc) is 3.40. The number of likely N-dealkylation sites (tertiary alicyclic amines) is 1. The standard InChI is InChI=1S/C20H24N2O3/c23-18(16-12-15-6-2-3-7-17(15)25-19(16)24)21-13-20(8-9-20)14-22-10-4-1-5-11-22/h2-3,6-7,12H,1,4-5,8-11,13-14H2,(H,21,23). The first-order chi connectivity index (χ1) is 12.2. The second kappa shape index (κ2) is 6.64. The van der Waals surface area contributed by atoms with Crippen molar-refractivity contribution in [3.63, 3.8) is 0 Å². The van der Waals surface area contributed by atoms with E-state index < -0.39 is 5.63 Å². The fourth-order valence-electron chi connectivity index (χ4n) is 3.74. The van der Waals surface area contributed by atoms with Crippen LogP contribution in [-0.4, -0.2) is 37.0 Å². The SMILES string of the molecule is O=C(NCC1(CN2CCCCC2)CC1)c1cc2ccccc2oc1=O. The fourth-order valence-corrected chi connectivity index (χ4v) is 3.74. The van der Waals surface area contributed by atoms with Gasteiger partial charge in [0.05, 0.1) is 0 Å². The van der Waals surface area contributed by atoms with Crippen LogP contribution in [0.5, 0.6) is 0 Å². The summed E-state index contributed by atoms with van der Waals surface area (Å²) < 4.78 is 5.26. The summed E-state index contributed by atoms with van der Waals surface area (Å²) in [7, 11) is 0. The number of carbonyl (C=O) groups is 1. The van der Waals surface area contributed by atoms with Gasteiger partial charge in [-0.1, -0.05) is 24.6 Å². The van der Waals surface area contributed by atoms with Gasteiger partial charge < -0.3 is 14.6 Å². The lowest BCUT2D eigenvalue weighted by molar-refractivity contribution is 0.0932. The summed E-state index contributed by atoms with van der Waals surface area (Å²) >= 11 is 0. The van der Waals surface area contributed by atoms with E-state index in [9.17, 15) is 9.59 Å². The van der Waals surface area contributed by atoms with E-state index in [-0.39, 0.29) is 16.9 Å². The summed E-state index contributed by atoms with van der Waals surface area (Å²) in [6, 6.07) is 8.87. The summed E-state index contributed by atoms with van der Waals surface area (Å²) in [4.78, 5) is 27.1. The summed E-state index contributed by atoms with van der Waals surface area (Å²) in [5.41, 5.74) is 0.224. The molecule has 1 amide bonds. The van der Waals surface area contributed by atoms with Gasteiger partial charge in [-0.2, -0.15) is 0 Å². The molecule has 25 heavy (non-hydrogen) atoms. The monoisotopic (exact) mass is 340 g/mol. The first kappa shape index (κ1) is 16.3. The Bertz CT molecular complexity index is 832. The second-order valence-corrected chi connectivity index (χ2v) is 7.50.